The first-order chi connectivity index (χ1) is 9.52. The molecule has 0 unspecified atom stereocenters. The van der Waals surface area contributed by atoms with Crippen molar-refractivity contribution in [1.29, 1.82) is 0 Å². The molecule has 1 aromatic heterocycles. The van der Waals surface area contributed by atoms with Gasteiger partial charge in [0.15, 0.2) is 0 Å². The molecule has 0 spiro atoms. The maximum atomic E-state index is 11.9. The molecule has 1 heterocycles. The largest absolute Gasteiger partial charge is 0.396 e. The van der Waals surface area contributed by atoms with Gasteiger partial charge in [0.25, 0.3) is 0 Å². The lowest BCUT2D eigenvalue weighted by atomic mass is 10.4. The van der Waals surface area contributed by atoms with Crippen LogP contribution >= 0.6 is 0 Å². The van der Waals surface area contributed by atoms with Crippen molar-refractivity contribution in [3.8, 4) is 0 Å². The summed E-state index contributed by atoms with van der Waals surface area (Å²) in [5.74, 6) is -0.405. The fraction of sp³-hybridized carbons (Fsp3) is 0.583. The molecular formula is C12H21N5O3. The SMILES string of the molecule is COCCCNC(=O)CN(C)C(=O)Cn1cc(N)cn1. The summed E-state index contributed by atoms with van der Waals surface area (Å²) in [6.45, 7) is 1.20. The summed E-state index contributed by atoms with van der Waals surface area (Å²) in [6, 6.07) is 0. The Balaban J connectivity index is 2.28. The normalized spacial score (nSPS) is 10.3. The highest BCUT2D eigenvalue weighted by atomic mass is 16.5. The van der Waals surface area contributed by atoms with Crippen molar-refractivity contribution in [3.63, 3.8) is 0 Å². The number of nitrogens with one attached hydrogen (secondary N) is 1. The van der Waals surface area contributed by atoms with E-state index in [0.717, 1.165) is 6.42 Å². The topological polar surface area (TPSA) is 102 Å². The van der Waals surface area contributed by atoms with Crippen molar-refractivity contribution in [3.05, 3.63) is 12.4 Å². The molecule has 8 heteroatoms. The lowest BCUT2D eigenvalue weighted by molar-refractivity contribution is -0.135. The number of aromatic nitrogens is 2. The Morgan fingerprint density at radius 2 is 2.30 bits per heavy atom. The molecule has 1 rings (SSSR count). The molecule has 0 bridgehead atoms. The van der Waals surface area contributed by atoms with Gasteiger partial charge in [-0.15, -0.1) is 0 Å². The number of nitrogen functional groups attached to an aromatic ring is 1. The van der Waals surface area contributed by atoms with E-state index in [2.05, 4.69) is 10.4 Å². The average molecular weight is 283 g/mol. The van der Waals surface area contributed by atoms with E-state index in [1.54, 1.807) is 20.4 Å². The number of carbonyl (C=O) groups excluding carboxylic acids is 2. The highest BCUT2D eigenvalue weighted by Gasteiger charge is 2.13. The summed E-state index contributed by atoms with van der Waals surface area (Å²) in [6.07, 6.45) is 3.78. The van der Waals surface area contributed by atoms with E-state index in [1.165, 1.54) is 15.8 Å². The van der Waals surface area contributed by atoms with Crippen LogP contribution in [-0.4, -0.2) is 60.3 Å². The fourth-order valence-corrected chi connectivity index (χ4v) is 1.53. The number of nitrogens with two attached hydrogens (primary N) is 1. The quantitative estimate of drug-likeness (QED) is 0.600. The molecule has 0 aliphatic heterocycles. The highest BCUT2D eigenvalue weighted by Crippen LogP contribution is 1.98. The molecule has 112 valence electrons. The molecule has 0 radical (unpaired) electrons. The second kappa shape index (κ2) is 8.16. The molecule has 3 N–H and O–H groups in total. The number of nitrogens with zero attached hydrogens (tertiary/aromatic N) is 3. The summed E-state index contributed by atoms with van der Waals surface area (Å²) in [5.41, 5.74) is 6.00. The second-order valence-corrected chi connectivity index (χ2v) is 4.42. The highest BCUT2D eigenvalue weighted by molar-refractivity contribution is 5.84. The Bertz CT molecular complexity index is 446. The van der Waals surface area contributed by atoms with E-state index in [4.69, 9.17) is 10.5 Å². The fourth-order valence-electron chi connectivity index (χ4n) is 1.53. The first kappa shape index (κ1) is 16.0. The Kier molecular flexibility index (Phi) is 6.51. The molecule has 0 saturated heterocycles. The Morgan fingerprint density at radius 3 is 2.90 bits per heavy atom. The average Bonchev–Trinajstić information content (AvgIpc) is 2.80. The van der Waals surface area contributed by atoms with Gasteiger partial charge in [-0.1, -0.05) is 0 Å². The third kappa shape index (κ3) is 5.70. The van der Waals surface area contributed by atoms with Crippen LogP contribution in [0.2, 0.25) is 0 Å². The summed E-state index contributed by atoms with van der Waals surface area (Å²) in [5, 5.41) is 6.63. The molecule has 0 aliphatic carbocycles. The van der Waals surface area contributed by atoms with E-state index in [0.29, 0.717) is 18.8 Å². The zero-order valence-corrected chi connectivity index (χ0v) is 11.8. The first-order valence-corrected chi connectivity index (χ1v) is 6.30. The zero-order valence-electron chi connectivity index (χ0n) is 11.8. The van der Waals surface area contributed by atoms with Crippen LogP contribution in [0.4, 0.5) is 5.69 Å². The minimum atomic E-state index is -0.208. The van der Waals surface area contributed by atoms with Crippen molar-refractivity contribution in [1.82, 2.24) is 20.0 Å². The van der Waals surface area contributed by atoms with Crippen LogP contribution in [0.5, 0.6) is 0 Å². The van der Waals surface area contributed by atoms with Crippen LogP contribution in [0, 0.1) is 0 Å². The predicted molar refractivity (Wildman–Crippen MR) is 73.8 cm³/mol. The van der Waals surface area contributed by atoms with Gasteiger partial charge >= 0.3 is 0 Å². The minimum Gasteiger partial charge on any atom is -0.396 e. The van der Waals surface area contributed by atoms with Crippen LogP contribution in [0.3, 0.4) is 0 Å². The van der Waals surface area contributed by atoms with Crippen molar-refractivity contribution in [2.24, 2.45) is 0 Å². The van der Waals surface area contributed by atoms with Crippen molar-refractivity contribution in [2.75, 3.05) is 39.6 Å². The van der Waals surface area contributed by atoms with Gasteiger partial charge in [-0.25, -0.2) is 0 Å². The van der Waals surface area contributed by atoms with Gasteiger partial charge in [0.1, 0.15) is 6.54 Å². The number of methoxy groups -OCH3 is 1. The number of hydrogen-bond donors (Lipinski definition) is 2. The molecule has 0 fully saturated rings. The summed E-state index contributed by atoms with van der Waals surface area (Å²) >= 11 is 0. The molecule has 20 heavy (non-hydrogen) atoms. The summed E-state index contributed by atoms with van der Waals surface area (Å²) in [7, 11) is 3.18. The van der Waals surface area contributed by atoms with Gasteiger partial charge in [0.2, 0.25) is 11.8 Å². The van der Waals surface area contributed by atoms with E-state index in [1.807, 2.05) is 0 Å². The number of carbonyl (C=O) groups is 2. The molecule has 0 atom stereocenters. The van der Waals surface area contributed by atoms with Crippen LogP contribution in [-0.2, 0) is 20.9 Å². The molecule has 0 saturated carbocycles. The smallest absolute Gasteiger partial charge is 0.244 e. The van der Waals surface area contributed by atoms with Crippen LogP contribution in [0.25, 0.3) is 0 Å². The van der Waals surface area contributed by atoms with E-state index < -0.39 is 0 Å². The molecule has 2 amide bonds. The Hall–Kier alpha value is -2.09. The molecule has 0 aliphatic rings. The van der Waals surface area contributed by atoms with Gasteiger partial charge in [-0.2, -0.15) is 5.10 Å². The molecule has 1 aromatic rings. The van der Waals surface area contributed by atoms with Gasteiger partial charge in [-0.3, -0.25) is 14.3 Å². The summed E-state index contributed by atoms with van der Waals surface area (Å²) in [4.78, 5) is 24.8. The monoisotopic (exact) mass is 283 g/mol. The van der Waals surface area contributed by atoms with Gasteiger partial charge in [0.05, 0.1) is 18.4 Å². The molecular weight excluding hydrogens is 262 g/mol. The maximum Gasteiger partial charge on any atom is 0.244 e. The van der Waals surface area contributed by atoms with Gasteiger partial charge in [0, 0.05) is 33.5 Å². The lowest BCUT2D eigenvalue weighted by Crippen LogP contribution is -2.40. The van der Waals surface area contributed by atoms with E-state index >= 15 is 0 Å². The maximum absolute atomic E-state index is 11.9. The zero-order chi connectivity index (χ0) is 15.0. The first-order valence-electron chi connectivity index (χ1n) is 6.30. The number of ether oxygens (including phenoxy) is 1. The Labute approximate surface area is 117 Å². The van der Waals surface area contributed by atoms with E-state index in [-0.39, 0.29) is 24.9 Å². The third-order valence-corrected chi connectivity index (χ3v) is 2.60. The number of amides is 2. The van der Waals surface area contributed by atoms with Crippen LogP contribution in [0.15, 0.2) is 12.4 Å². The number of hydrogen-bond acceptors (Lipinski definition) is 5. The van der Waals surface area contributed by atoms with Gasteiger partial charge in [-0.05, 0) is 6.42 Å². The number of likely N-dealkylation sites (N-methyl/N-ethyl adjacent to an activating group) is 1. The molecule has 0 aromatic carbocycles. The third-order valence-electron chi connectivity index (χ3n) is 2.60. The van der Waals surface area contributed by atoms with E-state index in [9.17, 15) is 9.59 Å². The van der Waals surface area contributed by atoms with Crippen molar-refractivity contribution < 1.29 is 14.3 Å². The summed E-state index contributed by atoms with van der Waals surface area (Å²) < 4.78 is 6.31. The Morgan fingerprint density at radius 1 is 1.55 bits per heavy atom. The van der Waals surface area contributed by atoms with Crippen molar-refractivity contribution >= 4 is 17.5 Å². The van der Waals surface area contributed by atoms with Crippen LogP contribution in [0.1, 0.15) is 6.42 Å². The van der Waals surface area contributed by atoms with Crippen LogP contribution < -0.4 is 11.1 Å². The standard InChI is InChI=1S/C12H21N5O3/c1-16(8-11(18)14-4-3-5-20-2)12(19)9-17-7-10(13)6-15-17/h6-7H,3-5,8-9,13H2,1-2H3,(H,14,18). The predicted octanol–water partition coefficient (Wildman–Crippen LogP) is -0.924. The van der Waals surface area contributed by atoms with Gasteiger partial charge < -0.3 is 20.7 Å². The minimum absolute atomic E-state index is 0.0164. The lowest BCUT2D eigenvalue weighted by Gasteiger charge is -2.16. The number of rotatable bonds is 8. The second-order valence-electron chi connectivity index (χ2n) is 4.42. The molecule has 8 nitrogen and oxygen atoms in total. The van der Waals surface area contributed by atoms with Crippen molar-refractivity contribution in [2.45, 2.75) is 13.0 Å². The number of anilines is 1.